The number of hydrogen-bond acceptors (Lipinski definition) is 5. The van der Waals surface area contributed by atoms with Crippen LogP contribution in [-0.2, 0) is 4.74 Å². The second-order valence-corrected chi connectivity index (χ2v) is 5.73. The van der Waals surface area contributed by atoms with Gasteiger partial charge < -0.3 is 14.9 Å². The Morgan fingerprint density at radius 3 is 2.72 bits per heavy atom. The first kappa shape index (κ1) is 17.3. The Kier molecular flexibility index (Phi) is 4.93. The summed E-state index contributed by atoms with van der Waals surface area (Å²) in [5.41, 5.74) is -1.40. The summed E-state index contributed by atoms with van der Waals surface area (Å²) in [7, 11) is 0. The summed E-state index contributed by atoms with van der Waals surface area (Å²) in [5, 5.41) is 18.9. The number of H-pyrrole nitrogens is 1. The number of aliphatic hydroxyl groups is 2. The summed E-state index contributed by atoms with van der Waals surface area (Å²) in [6.45, 7) is -0.412. The van der Waals surface area contributed by atoms with Crippen LogP contribution in [0.15, 0.2) is 46.1 Å². The van der Waals surface area contributed by atoms with Crippen LogP contribution in [0.2, 0.25) is 0 Å². The number of ether oxygens (including phenoxy) is 1. The van der Waals surface area contributed by atoms with Crippen molar-refractivity contribution in [2.45, 2.75) is 24.9 Å². The van der Waals surface area contributed by atoms with Gasteiger partial charge in [0.15, 0.2) is 0 Å². The van der Waals surface area contributed by atoms with Gasteiger partial charge >= 0.3 is 5.69 Å². The van der Waals surface area contributed by atoms with Crippen molar-refractivity contribution in [1.82, 2.24) is 9.55 Å². The number of aromatic amines is 1. The third-order valence-corrected chi connectivity index (χ3v) is 4.01. The lowest BCUT2D eigenvalue weighted by atomic mass is 10.1. The van der Waals surface area contributed by atoms with Gasteiger partial charge in [-0.2, -0.15) is 0 Å². The number of aliphatic hydroxyl groups excluding tert-OH is 2. The zero-order valence-electron chi connectivity index (χ0n) is 13.1. The molecule has 0 radical (unpaired) electrons. The van der Waals surface area contributed by atoms with Gasteiger partial charge in [-0.05, 0) is 11.6 Å². The Labute approximate surface area is 141 Å². The number of benzene rings is 1. The number of hydrogen-bond donors (Lipinski definition) is 3. The highest BCUT2D eigenvalue weighted by Gasteiger charge is 2.35. The average Bonchev–Trinajstić information content (AvgIpc) is 2.96. The maximum Gasteiger partial charge on any atom is 0.330 e. The number of halogens is 1. The van der Waals surface area contributed by atoms with Crippen molar-refractivity contribution in [3.05, 3.63) is 68.5 Å². The molecular formula is C17H17FN2O5. The highest BCUT2D eigenvalue weighted by molar-refractivity contribution is 5.75. The van der Waals surface area contributed by atoms with Crippen LogP contribution >= 0.6 is 0 Å². The van der Waals surface area contributed by atoms with E-state index in [2.05, 4.69) is 0 Å². The van der Waals surface area contributed by atoms with E-state index in [0.717, 1.165) is 10.8 Å². The summed E-state index contributed by atoms with van der Waals surface area (Å²) in [4.78, 5) is 26.0. The van der Waals surface area contributed by atoms with Crippen molar-refractivity contribution in [3.8, 4) is 0 Å². The second-order valence-electron chi connectivity index (χ2n) is 5.73. The Balaban J connectivity index is 1.98. The molecule has 2 heterocycles. The van der Waals surface area contributed by atoms with Gasteiger partial charge in [0.2, 0.25) is 0 Å². The van der Waals surface area contributed by atoms with Crippen molar-refractivity contribution >= 4 is 11.9 Å². The number of nitrogens with zero attached hydrogens (tertiary/aromatic N) is 1. The third-order valence-electron chi connectivity index (χ3n) is 4.01. The molecule has 0 bridgehead atoms. The van der Waals surface area contributed by atoms with Gasteiger partial charge in [-0.15, -0.1) is 0 Å². The highest BCUT2D eigenvalue weighted by atomic mass is 19.1. The van der Waals surface area contributed by atoms with Gasteiger partial charge in [0.25, 0.3) is 5.56 Å². The fraction of sp³-hybridized carbons (Fsp3) is 0.294. The van der Waals surface area contributed by atoms with Gasteiger partial charge in [0.05, 0.1) is 18.3 Å². The van der Waals surface area contributed by atoms with Crippen LogP contribution in [0.25, 0.3) is 11.9 Å². The lowest BCUT2D eigenvalue weighted by molar-refractivity contribution is -0.0459. The normalized spacial score (nSPS) is 23.8. The van der Waals surface area contributed by atoms with E-state index in [0.29, 0.717) is 5.56 Å². The lowest BCUT2D eigenvalue weighted by Crippen LogP contribution is -2.34. The van der Waals surface area contributed by atoms with E-state index in [4.69, 9.17) is 9.84 Å². The molecule has 8 heteroatoms. The van der Waals surface area contributed by atoms with E-state index in [1.165, 1.54) is 6.08 Å². The highest BCUT2D eigenvalue weighted by Crippen LogP contribution is 2.27. The van der Waals surface area contributed by atoms with E-state index in [1.54, 1.807) is 30.3 Å². The zero-order valence-corrected chi connectivity index (χ0v) is 13.1. The number of aromatic nitrogens is 2. The summed E-state index contributed by atoms with van der Waals surface area (Å²) >= 11 is 0. The Hall–Kier alpha value is -2.55. The van der Waals surface area contributed by atoms with Crippen molar-refractivity contribution in [3.63, 3.8) is 0 Å². The van der Waals surface area contributed by atoms with Gasteiger partial charge in [0.1, 0.15) is 18.2 Å². The molecule has 7 nitrogen and oxygen atoms in total. The van der Waals surface area contributed by atoms with Crippen molar-refractivity contribution < 1.29 is 19.3 Å². The monoisotopic (exact) mass is 348 g/mol. The molecule has 3 atom stereocenters. The molecule has 1 saturated heterocycles. The molecule has 0 aliphatic carbocycles. The molecule has 2 aromatic rings. The molecule has 1 aliphatic heterocycles. The predicted molar refractivity (Wildman–Crippen MR) is 88.4 cm³/mol. The minimum Gasteiger partial charge on any atom is -0.394 e. The first-order valence-corrected chi connectivity index (χ1v) is 7.72. The van der Waals surface area contributed by atoms with E-state index in [-0.39, 0.29) is 12.0 Å². The van der Waals surface area contributed by atoms with E-state index >= 15 is 0 Å². The van der Waals surface area contributed by atoms with Crippen molar-refractivity contribution in [1.29, 1.82) is 0 Å². The van der Waals surface area contributed by atoms with Crippen LogP contribution in [0.5, 0.6) is 0 Å². The first-order valence-electron chi connectivity index (χ1n) is 7.72. The van der Waals surface area contributed by atoms with Crippen LogP contribution < -0.4 is 11.2 Å². The van der Waals surface area contributed by atoms with E-state index < -0.39 is 42.1 Å². The van der Waals surface area contributed by atoms with Crippen LogP contribution in [0, 0.1) is 0 Å². The minimum absolute atomic E-state index is 0.0423. The Bertz CT molecular complexity index is 890. The molecule has 0 unspecified atom stereocenters. The minimum atomic E-state index is -0.956. The van der Waals surface area contributed by atoms with Crippen LogP contribution in [0.1, 0.15) is 23.8 Å². The predicted octanol–water partition coefficient (Wildman–Crippen LogP) is 0.645. The van der Waals surface area contributed by atoms with E-state index in [1.807, 2.05) is 4.98 Å². The molecule has 132 valence electrons. The fourth-order valence-electron chi connectivity index (χ4n) is 2.69. The SMILES string of the molecule is O=c1[nH]c(=O)n([C@H]2C[C@H](O)[C@@H](CO)O2)cc1C(F)=Cc1ccccc1. The molecule has 3 rings (SSSR count). The van der Waals surface area contributed by atoms with E-state index in [9.17, 15) is 19.1 Å². The Morgan fingerprint density at radius 1 is 1.36 bits per heavy atom. The Morgan fingerprint density at radius 2 is 2.08 bits per heavy atom. The summed E-state index contributed by atoms with van der Waals surface area (Å²) in [6.07, 6.45) is -0.410. The summed E-state index contributed by atoms with van der Waals surface area (Å²) in [6, 6.07) is 8.58. The fourth-order valence-corrected chi connectivity index (χ4v) is 2.69. The quantitative estimate of drug-likeness (QED) is 0.752. The van der Waals surface area contributed by atoms with Crippen LogP contribution in [0.4, 0.5) is 4.39 Å². The summed E-state index contributed by atoms with van der Waals surface area (Å²) in [5.74, 6) is -0.807. The average molecular weight is 348 g/mol. The molecule has 0 saturated carbocycles. The molecule has 1 aromatic carbocycles. The lowest BCUT2D eigenvalue weighted by Gasteiger charge is -2.15. The molecule has 0 spiro atoms. The maximum absolute atomic E-state index is 14.5. The van der Waals surface area contributed by atoms with Crippen molar-refractivity contribution in [2.24, 2.45) is 0 Å². The van der Waals surface area contributed by atoms with Crippen LogP contribution in [-0.4, -0.2) is 38.6 Å². The maximum atomic E-state index is 14.5. The topological polar surface area (TPSA) is 105 Å². The van der Waals surface area contributed by atoms with Gasteiger partial charge in [0, 0.05) is 12.6 Å². The molecule has 1 fully saturated rings. The number of nitrogens with one attached hydrogen (secondary N) is 1. The van der Waals surface area contributed by atoms with Crippen LogP contribution in [0.3, 0.4) is 0 Å². The molecule has 3 N–H and O–H groups in total. The smallest absolute Gasteiger partial charge is 0.330 e. The van der Waals surface area contributed by atoms with Crippen molar-refractivity contribution in [2.75, 3.05) is 6.61 Å². The zero-order chi connectivity index (χ0) is 18.0. The largest absolute Gasteiger partial charge is 0.394 e. The van der Waals surface area contributed by atoms with Gasteiger partial charge in [-0.3, -0.25) is 14.3 Å². The second kappa shape index (κ2) is 7.14. The molecule has 1 aromatic heterocycles. The number of rotatable bonds is 4. The van der Waals surface area contributed by atoms with Gasteiger partial charge in [-0.1, -0.05) is 30.3 Å². The summed E-state index contributed by atoms with van der Waals surface area (Å²) < 4.78 is 20.9. The third kappa shape index (κ3) is 3.60. The van der Waals surface area contributed by atoms with Gasteiger partial charge in [-0.25, -0.2) is 9.18 Å². The molecular weight excluding hydrogens is 331 g/mol. The molecule has 0 amide bonds. The first-order chi connectivity index (χ1) is 12.0. The molecule has 1 aliphatic rings. The standard InChI is InChI=1S/C17H17FN2O5/c18-12(6-10-4-2-1-3-5-10)11-8-20(17(24)19-16(11)23)15-7-13(22)14(9-21)25-15/h1-6,8,13-15,21-22H,7,9H2,(H,19,23,24)/t13-,14+,15+/m0/s1. The molecule has 25 heavy (non-hydrogen) atoms.